The quantitative estimate of drug-likeness (QED) is 0.460. The number of fused-ring (bicyclic) bond motifs is 1. The number of aromatic nitrogens is 4. The Balaban J connectivity index is 1.93. The van der Waals surface area contributed by atoms with Gasteiger partial charge in [0, 0.05) is 28.0 Å². The number of benzene rings is 1. The van der Waals surface area contributed by atoms with Crippen LogP contribution in [0.4, 0.5) is 0 Å². The van der Waals surface area contributed by atoms with Gasteiger partial charge in [-0.05, 0) is 45.1 Å². The van der Waals surface area contributed by atoms with Gasteiger partial charge in [0.1, 0.15) is 0 Å². The van der Waals surface area contributed by atoms with Crippen LogP contribution in [0.25, 0.3) is 5.78 Å². The molecule has 1 aromatic carbocycles. The van der Waals surface area contributed by atoms with Crippen molar-refractivity contribution >= 4 is 39.4 Å². The highest BCUT2D eigenvalue weighted by Crippen LogP contribution is 2.28. The number of aryl methyl sites for hydroxylation is 2. The van der Waals surface area contributed by atoms with Gasteiger partial charge in [0.2, 0.25) is 11.1 Å². The number of nitrogens with zero attached hydrogens (tertiary/aromatic N) is 5. The second kappa shape index (κ2) is 9.26. The third kappa shape index (κ3) is 4.48. The minimum Gasteiger partial charge on any atom is -0.336 e. The van der Waals surface area contributed by atoms with Crippen molar-refractivity contribution in [1.29, 1.82) is 0 Å². The number of thioether (sulfide) groups is 1. The molecule has 0 N–H and O–H groups in total. The Morgan fingerprint density at radius 3 is 2.66 bits per heavy atom. The summed E-state index contributed by atoms with van der Waals surface area (Å²) in [5, 5.41) is 5.17. The summed E-state index contributed by atoms with van der Waals surface area (Å²) in [6, 6.07) is 8.05. The van der Waals surface area contributed by atoms with E-state index in [0.717, 1.165) is 33.4 Å². The summed E-state index contributed by atoms with van der Waals surface area (Å²) >= 11 is 5.10. The van der Waals surface area contributed by atoms with Crippen LogP contribution < -0.4 is 0 Å². The molecular formula is C21H26BrN5OS. The molecule has 0 aliphatic heterocycles. The van der Waals surface area contributed by atoms with Crippen molar-refractivity contribution < 1.29 is 4.79 Å². The molecular weight excluding hydrogens is 450 g/mol. The second-order valence-corrected chi connectivity index (χ2v) is 8.66. The van der Waals surface area contributed by atoms with Crippen molar-refractivity contribution in [1.82, 2.24) is 24.5 Å². The molecule has 0 fully saturated rings. The zero-order valence-electron chi connectivity index (χ0n) is 17.4. The van der Waals surface area contributed by atoms with E-state index in [9.17, 15) is 4.79 Å². The first-order chi connectivity index (χ1) is 13.9. The average Bonchev–Trinajstić information content (AvgIpc) is 3.12. The topological polar surface area (TPSA) is 63.4 Å². The zero-order valence-corrected chi connectivity index (χ0v) is 19.8. The molecule has 3 rings (SSSR count). The SMILES string of the molecule is CCCN(C(=O)Cc1c(C)nc2nc(SC)nn2c1C)C(C)c1ccccc1Br. The Morgan fingerprint density at radius 1 is 1.28 bits per heavy atom. The molecule has 0 radical (unpaired) electrons. The van der Waals surface area contributed by atoms with E-state index in [-0.39, 0.29) is 11.9 Å². The van der Waals surface area contributed by atoms with Gasteiger partial charge in [0.25, 0.3) is 5.78 Å². The Hall–Kier alpha value is -1.93. The lowest BCUT2D eigenvalue weighted by Gasteiger charge is -2.30. The van der Waals surface area contributed by atoms with Gasteiger partial charge in [-0.25, -0.2) is 9.50 Å². The van der Waals surface area contributed by atoms with E-state index >= 15 is 0 Å². The molecule has 2 aromatic heterocycles. The maximum absolute atomic E-state index is 13.4. The molecule has 0 aliphatic rings. The monoisotopic (exact) mass is 475 g/mol. The number of hydrogen-bond acceptors (Lipinski definition) is 5. The van der Waals surface area contributed by atoms with Crippen LogP contribution in [0.2, 0.25) is 0 Å². The van der Waals surface area contributed by atoms with Crippen LogP contribution in [0.3, 0.4) is 0 Å². The highest BCUT2D eigenvalue weighted by molar-refractivity contribution is 9.10. The fourth-order valence-corrected chi connectivity index (χ4v) is 4.49. The molecule has 0 saturated carbocycles. The average molecular weight is 476 g/mol. The first-order valence-electron chi connectivity index (χ1n) is 9.68. The van der Waals surface area contributed by atoms with Gasteiger partial charge in [-0.15, -0.1) is 5.10 Å². The third-order valence-corrected chi connectivity index (χ3v) is 6.41. The van der Waals surface area contributed by atoms with Gasteiger partial charge in [-0.2, -0.15) is 4.98 Å². The third-order valence-electron chi connectivity index (χ3n) is 5.15. The number of halogens is 1. The van der Waals surface area contributed by atoms with Gasteiger partial charge in [-0.1, -0.05) is 52.8 Å². The molecule has 0 bridgehead atoms. The molecule has 1 atom stereocenters. The Morgan fingerprint density at radius 2 is 2.00 bits per heavy atom. The molecule has 1 unspecified atom stereocenters. The highest BCUT2D eigenvalue weighted by atomic mass is 79.9. The van der Waals surface area contributed by atoms with Crippen LogP contribution in [0.15, 0.2) is 33.9 Å². The largest absolute Gasteiger partial charge is 0.336 e. The lowest BCUT2D eigenvalue weighted by atomic mass is 10.0. The second-order valence-electron chi connectivity index (χ2n) is 7.03. The highest BCUT2D eigenvalue weighted by Gasteiger charge is 2.24. The fraction of sp³-hybridized carbons (Fsp3) is 0.429. The molecule has 0 aliphatic carbocycles. The fourth-order valence-electron chi connectivity index (χ4n) is 3.54. The smallest absolute Gasteiger partial charge is 0.253 e. The predicted octanol–water partition coefficient (Wildman–Crippen LogP) is 4.77. The molecule has 2 heterocycles. The van der Waals surface area contributed by atoms with Crippen LogP contribution in [-0.2, 0) is 11.2 Å². The predicted molar refractivity (Wildman–Crippen MR) is 120 cm³/mol. The van der Waals surface area contributed by atoms with Crippen LogP contribution in [-0.4, -0.2) is 43.2 Å². The molecule has 154 valence electrons. The number of hydrogen-bond donors (Lipinski definition) is 0. The zero-order chi connectivity index (χ0) is 21.1. The van der Waals surface area contributed by atoms with Crippen molar-refractivity contribution in [2.24, 2.45) is 0 Å². The summed E-state index contributed by atoms with van der Waals surface area (Å²) < 4.78 is 2.76. The van der Waals surface area contributed by atoms with Crippen LogP contribution >= 0.6 is 27.7 Å². The van der Waals surface area contributed by atoms with Crippen molar-refractivity contribution in [2.75, 3.05) is 12.8 Å². The summed E-state index contributed by atoms with van der Waals surface area (Å²) in [4.78, 5) is 24.3. The Kier molecular flexibility index (Phi) is 6.95. The van der Waals surface area contributed by atoms with Gasteiger partial charge >= 0.3 is 0 Å². The van der Waals surface area contributed by atoms with E-state index in [4.69, 9.17) is 0 Å². The van der Waals surface area contributed by atoms with E-state index < -0.39 is 0 Å². The van der Waals surface area contributed by atoms with Crippen molar-refractivity contribution in [3.05, 3.63) is 51.3 Å². The Labute approximate surface area is 184 Å². The number of carbonyl (C=O) groups is 1. The van der Waals surface area contributed by atoms with Crippen molar-refractivity contribution in [2.45, 2.75) is 51.7 Å². The number of amides is 1. The molecule has 6 nitrogen and oxygen atoms in total. The lowest BCUT2D eigenvalue weighted by molar-refractivity contribution is -0.132. The molecule has 1 amide bonds. The van der Waals surface area contributed by atoms with E-state index in [0.29, 0.717) is 23.9 Å². The van der Waals surface area contributed by atoms with Gasteiger partial charge < -0.3 is 4.90 Å². The van der Waals surface area contributed by atoms with E-state index in [1.807, 2.05) is 43.2 Å². The molecule has 8 heteroatoms. The molecule has 3 aromatic rings. The van der Waals surface area contributed by atoms with E-state index in [1.54, 1.807) is 4.52 Å². The minimum absolute atomic E-state index is 0.0233. The standard InChI is InChI=1S/C21H26BrN5OS/c1-6-11-26(14(3)16-9-7-8-10-18(16)22)19(28)12-17-13(2)23-20-24-21(29-5)25-27(20)15(17)4/h7-10,14H,6,11-12H2,1-5H3. The summed E-state index contributed by atoms with van der Waals surface area (Å²) in [6.07, 6.45) is 3.13. The molecule has 29 heavy (non-hydrogen) atoms. The Bertz CT molecular complexity index is 1040. The van der Waals surface area contributed by atoms with Crippen LogP contribution in [0, 0.1) is 13.8 Å². The van der Waals surface area contributed by atoms with E-state index in [1.165, 1.54) is 11.8 Å². The van der Waals surface area contributed by atoms with Gasteiger partial charge in [0.05, 0.1) is 12.5 Å². The summed E-state index contributed by atoms with van der Waals surface area (Å²) in [5.41, 5.74) is 3.77. The van der Waals surface area contributed by atoms with Crippen LogP contribution in [0.1, 0.15) is 48.8 Å². The van der Waals surface area contributed by atoms with E-state index in [2.05, 4.69) is 50.9 Å². The maximum atomic E-state index is 13.4. The minimum atomic E-state index is -0.0233. The molecule has 0 saturated heterocycles. The maximum Gasteiger partial charge on any atom is 0.253 e. The van der Waals surface area contributed by atoms with Gasteiger partial charge in [0.15, 0.2) is 0 Å². The van der Waals surface area contributed by atoms with Crippen molar-refractivity contribution in [3.63, 3.8) is 0 Å². The number of rotatable bonds is 7. The van der Waals surface area contributed by atoms with Crippen molar-refractivity contribution in [3.8, 4) is 0 Å². The normalized spacial score (nSPS) is 12.3. The lowest BCUT2D eigenvalue weighted by Crippen LogP contribution is -2.36. The first kappa shape index (κ1) is 21.8. The summed E-state index contributed by atoms with van der Waals surface area (Å²) in [5.74, 6) is 0.667. The summed E-state index contributed by atoms with van der Waals surface area (Å²) in [6.45, 7) is 8.79. The molecule has 0 spiro atoms. The van der Waals surface area contributed by atoms with Crippen LogP contribution in [0.5, 0.6) is 0 Å². The van der Waals surface area contributed by atoms with Gasteiger partial charge in [-0.3, -0.25) is 4.79 Å². The summed E-state index contributed by atoms with van der Waals surface area (Å²) in [7, 11) is 0. The first-order valence-corrected chi connectivity index (χ1v) is 11.7. The number of carbonyl (C=O) groups excluding carboxylic acids is 1.